The average molecular weight is 279 g/mol. The number of halogens is 4. The van der Waals surface area contributed by atoms with E-state index in [1.165, 1.54) is 0 Å². The molecule has 0 aromatic heterocycles. The van der Waals surface area contributed by atoms with E-state index < -0.39 is 28.7 Å². The highest BCUT2D eigenvalue weighted by Gasteiger charge is 2.21. The summed E-state index contributed by atoms with van der Waals surface area (Å²) in [5.41, 5.74) is 2.43. The molecule has 5 heteroatoms. The van der Waals surface area contributed by atoms with Gasteiger partial charge < -0.3 is 0 Å². The van der Waals surface area contributed by atoms with Crippen molar-refractivity contribution >= 4 is 18.2 Å². The predicted molar refractivity (Wildman–Crippen MR) is 71.9 cm³/mol. The molecular weight excluding hydrogens is 267 g/mol. The lowest BCUT2D eigenvalue weighted by atomic mass is 9.60. The highest BCUT2D eigenvalue weighted by atomic mass is 19.2. The third-order valence-electron chi connectivity index (χ3n) is 3.17. The van der Waals surface area contributed by atoms with Crippen molar-refractivity contribution in [2.75, 3.05) is 0 Å². The molecule has 0 fully saturated rings. The summed E-state index contributed by atoms with van der Waals surface area (Å²) in [6.07, 6.45) is 0. The molecule has 0 aliphatic carbocycles. The Labute approximate surface area is 115 Å². The molecule has 0 aliphatic rings. The van der Waals surface area contributed by atoms with Crippen LogP contribution in [0, 0.1) is 44.0 Å². The van der Waals surface area contributed by atoms with Gasteiger partial charge in [0.05, 0.1) is 0 Å². The summed E-state index contributed by atoms with van der Waals surface area (Å²) in [6.45, 7) is 5.45. The van der Waals surface area contributed by atoms with Crippen LogP contribution in [0.3, 0.4) is 0 Å². The summed E-state index contributed by atoms with van der Waals surface area (Å²) in [5.74, 6) is -5.58. The van der Waals surface area contributed by atoms with Crippen molar-refractivity contribution in [1.29, 1.82) is 0 Å². The van der Waals surface area contributed by atoms with Gasteiger partial charge in [-0.25, -0.2) is 17.6 Å². The minimum Gasteiger partial charge on any atom is -0.204 e. The first-order chi connectivity index (χ1) is 9.31. The van der Waals surface area contributed by atoms with Crippen molar-refractivity contribution in [1.82, 2.24) is 0 Å². The van der Waals surface area contributed by atoms with Crippen LogP contribution in [0.1, 0.15) is 16.7 Å². The quantitative estimate of drug-likeness (QED) is 0.450. The van der Waals surface area contributed by atoms with Crippen molar-refractivity contribution in [2.24, 2.45) is 0 Å². The maximum atomic E-state index is 13.7. The fourth-order valence-electron chi connectivity index (χ4n) is 2.28. The van der Waals surface area contributed by atoms with Crippen LogP contribution in [0.15, 0.2) is 18.2 Å². The SMILES string of the molecule is Cc1cc(C)c([B]c2c(F)c(F)cc(F)c2F)c(C)c1. The van der Waals surface area contributed by atoms with E-state index in [4.69, 9.17) is 0 Å². The zero-order chi connectivity index (χ0) is 15.0. The first-order valence-corrected chi connectivity index (χ1v) is 6.07. The minimum absolute atomic E-state index is 0.205. The van der Waals surface area contributed by atoms with Crippen LogP contribution < -0.4 is 10.9 Å². The lowest BCUT2D eigenvalue weighted by Crippen LogP contribution is -2.36. The molecule has 103 valence electrons. The molecule has 0 atom stereocenters. The molecule has 1 radical (unpaired) electrons. The Kier molecular flexibility index (Phi) is 3.88. The second kappa shape index (κ2) is 5.31. The van der Waals surface area contributed by atoms with Crippen molar-refractivity contribution in [3.63, 3.8) is 0 Å². The number of hydrogen-bond acceptors (Lipinski definition) is 0. The van der Waals surface area contributed by atoms with Gasteiger partial charge >= 0.3 is 0 Å². The number of hydrogen-bond donors (Lipinski definition) is 0. The molecule has 2 aromatic rings. The van der Waals surface area contributed by atoms with Crippen LogP contribution >= 0.6 is 0 Å². The van der Waals surface area contributed by atoms with Gasteiger partial charge in [-0.15, -0.1) is 0 Å². The van der Waals surface area contributed by atoms with Gasteiger partial charge in [-0.1, -0.05) is 34.3 Å². The first-order valence-electron chi connectivity index (χ1n) is 6.07. The second-order valence-corrected chi connectivity index (χ2v) is 4.84. The molecule has 0 bridgehead atoms. The van der Waals surface area contributed by atoms with E-state index in [0.717, 1.165) is 24.0 Å². The van der Waals surface area contributed by atoms with Crippen LogP contribution in [-0.4, -0.2) is 7.28 Å². The first kappa shape index (κ1) is 14.6. The Hall–Kier alpha value is -1.78. The topological polar surface area (TPSA) is 0 Å². The molecule has 0 saturated carbocycles. The molecule has 2 rings (SSSR count). The van der Waals surface area contributed by atoms with Crippen molar-refractivity contribution in [3.05, 3.63) is 58.2 Å². The zero-order valence-electron chi connectivity index (χ0n) is 11.3. The number of rotatable bonds is 2. The molecule has 20 heavy (non-hydrogen) atoms. The largest absolute Gasteiger partial charge is 0.204 e. The van der Waals surface area contributed by atoms with Crippen molar-refractivity contribution in [3.8, 4) is 0 Å². The highest BCUT2D eigenvalue weighted by Crippen LogP contribution is 2.11. The maximum absolute atomic E-state index is 13.7. The highest BCUT2D eigenvalue weighted by molar-refractivity contribution is 6.68. The molecule has 0 nitrogen and oxygen atoms in total. The molecule has 0 amide bonds. The molecule has 0 saturated heterocycles. The van der Waals surface area contributed by atoms with Crippen molar-refractivity contribution < 1.29 is 17.6 Å². The van der Waals surface area contributed by atoms with Gasteiger partial charge in [-0.05, 0) is 26.2 Å². The monoisotopic (exact) mass is 279 g/mol. The van der Waals surface area contributed by atoms with Crippen molar-refractivity contribution in [2.45, 2.75) is 20.8 Å². The van der Waals surface area contributed by atoms with E-state index in [9.17, 15) is 17.6 Å². The van der Waals surface area contributed by atoms with E-state index in [-0.39, 0.29) is 6.07 Å². The zero-order valence-corrected chi connectivity index (χ0v) is 11.3. The second-order valence-electron chi connectivity index (χ2n) is 4.84. The Morgan fingerprint density at radius 3 is 1.60 bits per heavy atom. The summed E-state index contributed by atoms with van der Waals surface area (Å²) in [5, 5.41) is 0. The van der Waals surface area contributed by atoms with Gasteiger partial charge in [0, 0.05) is 6.07 Å². The summed E-state index contributed by atoms with van der Waals surface area (Å²) >= 11 is 0. The van der Waals surface area contributed by atoms with Gasteiger partial charge in [-0.2, -0.15) is 0 Å². The summed E-state index contributed by atoms with van der Waals surface area (Å²) in [6, 6.07) is 3.88. The summed E-state index contributed by atoms with van der Waals surface area (Å²) in [4.78, 5) is 0. The third-order valence-corrected chi connectivity index (χ3v) is 3.17. The Morgan fingerprint density at radius 1 is 0.700 bits per heavy atom. The average Bonchev–Trinajstić information content (AvgIpc) is 2.34. The number of aryl methyl sites for hydroxylation is 3. The van der Waals surface area contributed by atoms with Gasteiger partial charge in [0.2, 0.25) is 0 Å². The standard InChI is InChI=1S/C15H12BF4/c1-7-4-8(2)12(9(3)5-7)16-13-14(19)10(17)6-11(18)15(13)20/h4-6H,1-3H3. The maximum Gasteiger partial charge on any atom is 0.200 e. The van der Waals surface area contributed by atoms with Gasteiger partial charge in [-0.3, -0.25) is 0 Å². The van der Waals surface area contributed by atoms with Gasteiger partial charge in [0.25, 0.3) is 0 Å². The predicted octanol–water partition coefficient (Wildman–Crippen LogP) is 2.82. The van der Waals surface area contributed by atoms with E-state index >= 15 is 0 Å². The van der Waals surface area contributed by atoms with E-state index in [0.29, 0.717) is 5.46 Å². The smallest absolute Gasteiger partial charge is 0.200 e. The Morgan fingerprint density at radius 2 is 1.15 bits per heavy atom. The van der Waals surface area contributed by atoms with E-state index in [2.05, 4.69) is 0 Å². The molecule has 0 unspecified atom stereocenters. The lowest BCUT2D eigenvalue weighted by molar-refractivity contribution is 0.463. The third kappa shape index (κ3) is 2.57. The van der Waals surface area contributed by atoms with E-state index in [1.54, 1.807) is 13.8 Å². The fourth-order valence-corrected chi connectivity index (χ4v) is 2.28. The molecular formula is C15H12BF4. The lowest BCUT2D eigenvalue weighted by Gasteiger charge is -2.12. The summed E-state index contributed by atoms with van der Waals surface area (Å²) in [7, 11) is 1.14. The van der Waals surface area contributed by atoms with Crippen LogP contribution in [0.25, 0.3) is 0 Å². The molecule has 0 N–H and O–H groups in total. The summed E-state index contributed by atoms with van der Waals surface area (Å²) < 4.78 is 53.7. The molecule has 0 heterocycles. The molecule has 2 aromatic carbocycles. The number of benzene rings is 2. The molecule has 0 aliphatic heterocycles. The fraction of sp³-hybridized carbons (Fsp3) is 0.200. The van der Waals surface area contributed by atoms with Crippen LogP contribution in [0.5, 0.6) is 0 Å². The van der Waals surface area contributed by atoms with E-state index in [1.807, 2.05) is 19.1 Å². The molecule has 0 spiro atoms. The normalized spacial score (nSPS) is 10.8. The van der Waals surface area contributed by atoms with Crippen LogP contribution in [0.4, 0.5) is 17.6 Å². The van der Waals surface area contributed by atoms with Gasteiger partial charge in [0.1, 0.15) is 0 Å². The Bertz CT molecular complexity index is 631. The van der Waals surface area contributed by atoms with Crippen LogP contribution in [0.2, 0.25) is 0 Å². The van der Waals surface area contributed by atoms with Crippen LogP contribution in [-0.2, 0) is 0 Å². The Balaban J connectivity index is 2.56. The van der Waals surface area contributed by atoms with Gasteiger partial charge in [0.15, 0.2) is 30.5 Å². The minimum atomic E-state index is -1.41.